The van der Waals surface area contributed by atoms with E-state index >= 15 is 0 Å². The fraction of sp³-hybridized carbons (Fsp3) is 0.500. The van der Waals surface area contributed by atoms with Gasteiger partial charge in [-0.2, -0.15) is 8.78 Å². The van der Waals surface area contributed by atoms with Crippen LogP contribution in [0.1, 0.15) is 19.4 Å². The van der Waals surface area contributed by atoms with Gasteiger partial charge in [0.05, 0.1) is 18.1 Å². The molecule has 22 heavy (non-hydrogen) atoms. The van der Waals surface area contributed by atoms with E-state index in [1.54, 1.807) is 17.0 Å². The van der Waals surface area contributed by atoms with Crippen molar-refractivity contribution < 1.29 is 28.2 Å². The van der Waals surface area contributed by atoms with Crippen LogP contribution >= 0.6 is 15.9 Å². The lowest BCUT2D eigenvalue weighted by atomic mass is 10.1. The zero-order chi connectivity index (χ0) is 16.9. The second-order valence-electron chi connectivity index (χ2n) is 4.88. The number of halogens is 3. The molecule has 0 bridgehead atoms. The Balaban J connectivity index is 3.05. The molecule has 0 spiro atoms. The number of methoxy groups -OCH3 is 1. The van der Waals surface area contributed by atoms with E-state index in [-0.39, 0.29) is 24.1 Å². The summed E-state index contributed by atoms with van der Waals surface area (Å²) < 4.78 is 34.6. The topological polar surface area (TPSA) is 59.0 Å². The van der Waals surface area contributed by atoms with Crippen molar-refractivity contribution >= 4 is 21.9 Å². The van der Waals surface area contributed by atoms with Crippen molar-refractivity contribution in [2.45, 2.75) is 33.0 Å². The third-order valence-electron chi connectivity index (χ3n) is 2.95. The van der Waals surface area contributed by atoms with E-state index in [1.807, 2.05) is 13.8 Å². The first-order chi connectivity index (χ1) is 10.2. The fourth-order valence-corrected chi connectivity index (χ4v) is 2.48. The Morgan fingerprint density at radius 1 is 1.41 bits per heavy atom. The highest BCUT2D eigenvalue weighted by molar-refractivity contribution is 9.10. The highest BCUT2D eigenvalue weighted by atomic mass is 79.9. The molecule has 1 aromatic rings. The van der Waals surface area contributed by atoms with Crippen molar-refractivity contribution in [1.82, 2.24) is 4.90 Å². The van der Waals surface area contributed by atoms with Crippen LogP contribution in [0.4, 0.5) is 8.78 Å². The summed E-state index contributed by atoms with van der Waals surface area (Å²) >= 11 is 3.17. The summed E-state index contributed by atoms with van der Waals surface area (Å²) in [6.45, 7) is 1.02. The highest BCUT2D eigenvalue weighted by Gasteiger charge is 2.19. The quantitative estimate of drug-likeness (QED) is 0.747. The summed E-state index contributed by atoms with van der Waals surface area (Å²) in [5.41, 5.74) is 0.722. The van der Waals surface area contributed by atoms with Gasteiger partial charge in [0.25, 0.3) is 0 Å². The first-order valence-electron chi connectivity index (χ1n) is 6.51. The Morgan fingerprint density at radius 2 is 2.05 bits per heavy atom. The second kappa shape index (κ2) is 8.28. The fourth-order valence-electron chi connectivity index (χ4n) is 1.90. The summed E-state index contributed by atoms with van der Waals surface area (Å²) in [6.07, 6.45) is 0. The molecule has 0 heterocycles. The third-order valence-corrected chi connectivity index (χ3v) is 3.54. The number of hydrogen-bond acceptors (Lipinski definition) is 4. The second-order valence-corrected chi connectivity index (χ2v) is 5.73. The molecule has 124 valence electrons. The number of carboxylic acid groups (broad SMARTS) is 1. The number of carbonyl (C=O) groups is 1. The van der Waals surface area contributed by atoms with Crippen molar-refractivity contribution in [1.29, 1.82) is 0 Å². The Bertz CT molecular complexity index is 526. The summed E-state index contributed by atoms with van der Waals surface area (Å²) in [5, 5.41) is 8.93. The minimum absolute atomic E-state index is 0.0119. The lowest BCUT2D eigenvalue weighted by molar-refractivity contribution is -0.138. The van der Waals surface area contributed by atoms with E-state index in [0.29, 0.717) is 11.0 Å². The van der Waals surface area contributed by atoms with Crippen LogP contribution in [0.15, 0.2) is 16.6 Å². The van der Waals surface area contributed by atoms with E-state index in [9.17, 15) is 13.6 Å². The van der Waals surface area contributed by atoms with Gasteiger partial charge in [-0.3, -0.25) is 9.69 Å². The minimum atomic E-state index is -2.96. The highest BCUT2D eigenvalue weighted by Crippen LogP contribution is 2.38. The van der Waals surface area contributed by atoms with Gasteiger partial charge >= 0.3 is 12.6 Å². The van der Waals surface area contributed by atoms with Crippen molar-refractivity contribution in [3.05, 3.63) is 22.2 Å². The van der Waals surface area contributed by atoms with Crippen LogP contribution in [0.25, 0.3) is 0 Å². The van der Waals surface area contributed by atoms with Crippen LogP contribution in [0.2, 0.25) is 0 Å². The molecule has 0 radical (unpaired) electrons. The minimum Gasteiger partial charge on any atom is -0.493 e. The molecule has 1 aromatic carbocycles. The Labute approximate surface area is 135 Å². The Hall–Kier alpha value is -1.41. The molecular formula is C14H18BrF2NO4. The largest absolute Gasteiger partial charge is 0.493 e. The van der Waals surface area contributed by atoms with Crippen molar-refractivity contribution in [2.75, 3.05) is 13.7 Å². The molecule has 0 saturated carbocycles. The average molecular weight is 382 g/mol. The van der Waals surface area contributed by atoms with E-state index in [1.165, 1.54) is 7.11 Å². The monoisotopic (exact) mass is 381 g/mol. The molecule has 0 aliphatic carbocycles. The summed E-state index contributed by atoms with van der Waals surface area (Å²) in [4.78, 5) is 12.6. The zero-order valence-corrected chi connectivity index (χ0v) is 14.1. The van der Waals surface area contributed by atoms with Crippen molar-refractivity contribution in [2.24, 2.45) is 0 Å². The van der Waals surface area contributed by atoms with Gasteiger partial charge in [0.1, 0.15) is 0 Å². The molecule has 5 nitrogen and oxygen atoms in total. The first kappa shape index (κ1) is 18.6. The molecule has 1 N–H and O–H groups in total. The van der Waals surface area contributed by atoms with Gasteiger partial charge in [-0.05, 0) is 47.5 Å². The molecule has 0 aliphatic rings. The predicted octanol–water partition coefficient (Wildman–Crippen LogP) is 3.35. The van der Waals surface area contributed by atoms with Crippen molar-refractivity contribution in [3.63, 3.8) is 0 Å². The maximum Gasteiger partial charge on any atom is 0.387 e. The smallest absolute Gasteiger partial charge is 0.387 e. The lowest BCUT2D eigenvalue weighted by Crippen LogP contribution is -2.35. The van der Waals surface area contributed by atoms with Gasteiger partial charge in [-0.25, -0.2) is 0 Å². The van der Waals surface area contributed by atoms with Gasteiger partial charge in [0.15, 0.2) is 11.5 Å². The van der Waals surface area contributed by atoms with Gasteiger partial charge in [-0.1, -0.05) is 0 Å². The standard InChI is InChI=1S/C14H18BrF2NO4/c1-8(2)18(7-12(19)20)6-9-4-10(15)13(22-14(16)17)11(5-9)21-3/h4-5,8,14H,6-7H2,1-3H3,(H,19,20). The number of aliphatic carboxylic acids is 1. The molecule has 0 amide bonds. The molecule has 0 aliphatic heterocycles. The van der Waals surface area contributed by atoms with Gasteiger partial charge < -0.3 is 14.6 Å². The lowest BCUT2D eigenvalue weighted by Gasteiger charge is -2.25. The predicted molar refractivity (Wildman–Crippen MR) is 80.5 cm³/mol. The van der Waals surface area contributed by atoms with Crippen LogP contribution in [-0.4, -0.2) is 42.3 Å². The number of ether oxygens (including phenoxy) is 2. The Morgan fingerprint density at radius 3 is 2.50 bits per heavy atom. The molecule has 0 fully saturated rings. The van der Waals surface area contributed by atoms with E-state index in [0.717, 1.165) is 5.56 Å². The molecule has 1 rings (SSSR count). The molecule has 0 unspecified atom stereocenters. The van der Waals surface area contributed by atoms with E-state index < -0.39 is 12.6 Å². The zero-order valence-electron chi connectivity index (χ0n) is 12.5. The molecule has 0 aromatic heterocycles. The number of benzene rings is 1. The molecule has 0 saturated heterocycles. The first-order valence-corrected chi connectivity index (χ1v) is 7.31. The van der Waals surface area contributed by atoms with Crippen LogP contribution in [-0.2, 0) is 11.3 Å². The van der Waals surface area contributed by atoms with E-state index in [2.05, 4.69) is 20.7 Å². The molecule has 0 atom stereocenters. The number of rotatable bonds is 8. The average Bonchev–Trinajstić information content (AvgIpc) is 2.39. The Kier molecular flexibility index (Phi) is 7.02. The van der Waals surface area contributed by atoms with Crippen molar-refractivity contribution in [3.8, 4) is 11.5 Å². The normalized spacial score (nSPS) is 11.3. The summed E-state index contributed by atoms with van der Waals surface area (Å²) in [6, 6.07) is 3.18. The number of hydrogen-bond donors (Lipinski definition) is 1. The van der Waals surface area contributed by atoms with Crippen LogP contribution in [0.5, 0.6) is 11.5 Å². The van der Waals surface area contributed by atoms with Gasteiger partial charge in [0, 0.05) is 12.6 Å². The van der Waals surface area contributed by atoms with Crippen LogP contribution < -0.4 is 9.47 Å². The van der Waals surface area contributed by atoms with Gasteiger partial charge in [-0.15, -0.1) is 0 Å². The van der Waals surface area contributed by atoms with Crippen LogP contribution in [0.3, 0.4) is 0 Å². The molecule has 8 heteroatoms. The van der Waals surface area contributed by atoms with Gasteiger partial charge in [0.2, 0.25) is 0 Å². The number of nitrogens with zero attached hydrogens (tertiary/aromatic N) is 1. The summed E-state index contributed by atoms with van der Waals surface area (Å²) in [7, 11) is 1.35. The van der Waals surface area contributed by atoms with E-state index in [4.69, 9.17) is 9.84 Å². The maximum absolute atomic E-state index is 12.4. The number of alkyl halides is 2. The maximum atomic E-state index is 12.4. The third kappa shape index (κ3) is 5.42. The number of carboxylic acids is 1. The SMILES string of the molecule is COc1cc(CN(CC(=O)O)C(C)C)cc(Br)c1OC(F)F. The molecular weight excluding hydrogens is 364 g/mol. The van der Waals surface area contributed by atoms with Crippen LogP contribution in [0, 0.1) is 0 Å². The summed E-state index contributed by atoms with van der Waals surface area (Å²) in [5.74, 6) is -0.864.